The van der Waals surface area contributed by atoms with E-state index in [4.69, 9.17) is 9.47 Å². The lowest BCUT2D eigenvalue weighted by Crippen LogP contribution is -2.34. The van der Waals surface area contributed by atoms with Crippen LogP contribution >= 0.6 is 0 Å². The Balaban J connectivity index is 2.53. The van der Waals surface area contributed by atoms with Crippen molar-refractivity contribution in [3.8, 4) is 0 Å². The van der Waals surface area contributed by atoms with Gasteiger partial charge in [0, 0.05) is 0 Å². The molecule has 0 aromatic carbocycles. The number of alkyl carbamates (subject to hydrolysis) is 1. The number of esters is 1. The number of carbonyl (C=O) groups excluding carboxylic acids is 2. The van der Waals surface area contributed by atoms with E-state index in [0.717, 1.165) is 18.8 Å². The van der Waals surface area contributed by atoms with E-state index in [2.05, 4.69) is 5.32 Å². The summed E-state index contributed by atoms with van der Waals surface area (Å²) in [5, 5.41) is 2.49. The van der Waals surface area contributed by atoms with E-state index in [1.807, 2.05) is 0 Å². The fourth-order valence-corrected chi connectivity index (χ4v) is 2.65. The molecule has 0 bridgehead atoms. The second kappa shape index (κ2) is 8.81. The van der Waals surface area contributed by atoms with Gasteiger partial charge in [-0.15, -0.1) is 0 Å². The first-order chi connectivity index (χ1) is 10.3. The first-order valence-corrected chi connectivity index (χ1v) is 8.10. The highest BCUT2D eigenvalue weighted by Crippen LogP contribution is 2.27. The standard InChI is InChI=1S/C17H29NO4/c1-17(2,3)22-16(20)18-14(15(19)21-4)12-8-11-13-9-6-5-7-10-13/h12-13H,5-11H2,1-4H3,(H,18,20)/b14-12-. The van der Waals surface area contributed by atoms with Crippen LogP contribution in [0.3, 0.4) is 0 Å². The van der Waals surface area contributed by atoms with Crippen molar-refractivity contribution < 1.29 is 19.1 Å². The van der Waals surface area contributed by atoms with Gasteiger partial charge >= 0.3 is 12.1 Å². The third-order valence-corrected chi connectivity index (χ3v) is 3.69. The number of hydrogen-bond donors (Lipinski definition) is 1. The predicted octanol–water partition coefficient (Wildman–Crippen LogP) is 3.93. The molecule has 1 rings (SSSR count). The van der Waals surface area contributed by atoms with Gasteiger partial charge in [-0.3, -0.25) is 5.32 Å². The summed E-state index contributed by atoms with van der Waals surface area (Å²) in [5.41, 5.74) is -0.444. The monoisotopic (exact) mass is 311 g/mol. The number of allylic oxidation sites excluding steroid dienone is 1. The highest BCUT2D eigenvalue weighted by molar-refractivity contribution is 5.92. The van der Waals surface area contributed by atoms with E-state index in [1.54, 1.807) is 26.8 Å². The molecule has 0 radical (unpaired) electrons. The Kier molecular flexibility index (Phi) is 7.42. The highest BCUT2D eigenvalue weighted by atomic mass is 16.6. The number of hydrogen-bond acceptors (Lipinski definition) is 4. The molecule has 0 aromatic rings. The van der Waals surface area contributed by atoms with Gasteiger partial charge in [-0.1, -0.05) is 38.2 Å². The molecule has 1 aliphatic rings. The Morgan fingerprint density at radius 3 is 2.36 bits per heavy atom. The van der Waals surface area contributed by atoms with Crippen LogP contribution in [0.5, 0.6) is 0 Å². The zero-order valence-electron chi connectivity index (χ0n) is 14.2. The van der Waals surface area contributed by atoms with E-state index >= 15 is 0 Å². The van der Waals surface area contributed by atoms with Crippen molar-refractivity contribution in [2.75, 3.05) is 7.11 Å². The van der Waals surface area contributed by atoms with E-state index in [9.17, 15) is 9.59 Å². The average Bonchev–Trinajstić information content (AvgIpc) is 2.44. The zero-order chi connectivity index (χ0) is 16.6. The van der Waals surface area contributed by atoms with Gasteiger partial charge in [0.25, 0.3) is 0 Å². The Morgan fingerprint density at radius 1 is 1.18 bits per heavy atom. The third kappa shape index (κ3) is 7.48. The molecule has 0 spiro atoms. The maximum Gasteiger partial charge on any atom is 0.412 e. The van der Waals surface area contributed by atoms with Crippen molar-refractivity contribution >= 4 is 12.1 Å². The topological polar surface area (TPSA) is 64.6 Å². The Bertz CT molecular complexity index is 403. The normalized spacial score (nSPS) is 17.0. The quantitative estimate of drug-likeness (QED) is 0.617. The van der Waals surface area contributed by atoms with Gasteiger partial charge in [0.2, 0.25) is 0 Å². The predicted molar refractivity (Wildman–Crippen MR) is 85.3 cm³/mol. The number of rotatable bonds is 5. The smallest absolute Gasteiger partial charge is 0.412 e. The number of nitrogens with one attached hydrogen (secondary N) is 1. The van der Waals surface area contributed by atoms with Crippen molar-refractivity contribution in [1.29, 1.82) is 0 Å². The molecule has 0 aromatic heterocycles. The second-order valence-corrected chi connectivity index (χ2v) is 6.82. The summed E-state index contributed by atoms with van der Waals surface area (Å²) in [4.78, 5) is 23.5. The van der Waals surface area contributed by atoms with Crippen LogP contribution in [-0.2, 0) is 14.3 Å². The zero-order valence-corrected chi connectivity index (χ0v) is 14.2. The molecule has 5 nitrogen and oxygen atoms in total. The van der Waals surface area contributed by atoms with Crippen molar-refractivity contribution in [2.45, 2.75) is 71.3 Å². The molecule has 0 aliphatic heterocycles. The molecule has 0 heterocycles. The summed E-state index contributed by atoms with van der Waals surface area (Å²) in [6.07, 6.45) is 9.36. The summed E-state index contributed by atoms with van der Waals surface area (Å²) in [6.45, 7) is 5.32. The first-order valence-electron chi connectivity index (χ1n) is 8.10. The number of carbonyl (C=O) groups is 2. The van der Waals surface area contributed by atoms with Crippen molar-refractivity contribution in [1.82, 2.24) is 5.32 Å². The molecular formula is C17H29NO4. The molecule has 1 saturated carbocycles. The van der Waals surface area contributed by atoms with E-state index in [0.29, 0.717) is 0 Å². The number of amides is 1. The number of ether oxygens (including phenoxy) is 2. The van der Waals surface area contributed by atoms with Crippen LogP contribution in [0.25, 0.3) is 0 Å². The molecule has 1 N–H and O–H groups in total. The maximum atomic E-state index is 11.8. The summed E-state index contributed by atoms with van der Waals surface area (Å²) in [5.74, 6) is 0.180. The Labute approximate surface area is 133 Å². The van der Waals surface area contributed by atoms with Gasteiger partial charge in [0.15, 0.2) is 0 Å². The minimum absolute atomic E-state index is 0.160. The fraction of sp³-hybridized carbons (Fsp3) is 0.765. The second-order valence-electron chi connectivity index (χ2n) is 6.82. The molecule has 1 aliphatic carbocycles. The molecule has 1 fully saturated rings. The lowest BCUT2D eigenvalue weighted by atomic mass is 9.86. The lowest BCUT2D eigenvalue weighted by molar-refractivity contribution is -0.136. The first kappa shape index (κ1) is 18.5. The largest absolute Gasteiger partial charge is 0.464 e. The lowest BCUT2D eigenvalue weighted by Gasteiger charge is -2.21. The summed E-state index contributed by atoms with van der Waals surface area (Å²) in [6, 6.07) is 0. The highest BCUT2D eigenvalue weighted by Gasteiger charge is 2.20. The van der Waals surface area contributed by atoms with Crippen LogP contribution in [0.1, 0.15) is 65.7 Å². The SMILES string of the molecule is COC(=O)/C(=C/CCC1CCCCC1)NC(=O)OC(C)(C)C. The fourth-order valence-electron chi connectivity index (χ4n) is 2.65. The van der Waals surface area contributed by atoms with Crippen LogP contribution < -0.4 is 5.32 Å². The van der Waals surface area contributed by atoms with E-state index < -0.39 is 17.7 Å². The summed E-state index contributed by atoms with van der Waals surface area (Å²) < 4.78 is 9.87. The van der Waals surface area contributed by atoms with E-state index in [1.165, 1.54) is 39.2 Å². The van der Waals surface area contributed by atoms with Gasteiger partial charge in [-0.2, -0.15) is 0 Å². The number of methoxy groups -OCH3 is 1. The Hall–Kier alpha value is -1.52. The molecular weight excluding hydrogens is 282 g/mol. The van der Waals surface area contributed by atoms with Crippen LogP contribution in [-0.4, -0.2) is 24.8 Å². The van der Waals surface area contributed by atoms with Crippen molar-refractivity contribution in [3.05, 3.63) is 11.8 Å². The van der Waals surface area contributed by atoms with Gasteiger partial charge in [0.1, 0.15) is 11.3 Å². The summed E-state index contributed by atoms with van der Waals surface area (Å²) in [7, 11) is 1.30. The van der Waals surface area contributed by atoms with Crippen LogP contribution in [0.15, 0.2) is 11.8 Å². The summed E-state index contributed by atoms with van der Waals surface area (Å²) >= 11 is 0. The molecule has 5 heteroatoms. The molecule has 0 saturated heterocycles. The van der Waals surface area contributed by atoms with Gasteiger partial charge in [-0.05, 0) is 39.5 Å². The average molecular weight is 311 g/mol. The van der Waals surface area contributed by atoms with Crippen molar-refractivity contribution in [3.63, 3.8) is 0 Å². The Morgan fingerprint density at radius 2 is 1.82 bits per heavy atom. The van der Waals surface area contributed by atoms with Gasteiger partial charge < -0.3 is 9.47 Å². The minimum atomic E-state index is -0.637. The minimum Gasteiger partial charge on any atom is -0.464 e. The van der Waals surface area contributed by atoms with Crippen LogP contribution in [0, 0.1) is 5.92 Å². The third-order valence-electron chi connectivity index (χ3n) is 3.69. The van der Waals surface area contributed by atoms with Crippen molar-refractivity contribution in [2.24, 2.45) is 5.92 Å². The van der Waals surface area contributed by atoms with E-state index in [-0.39, 0.29) is 5.70 Å². The van der Waals surface area contributed by atoms with Crippen LogP contribution in [0.2, 0.25) is 0 Å². The molecule has 126 valence electrons. The molecule has 0 unspecified atom stereocenters. The molecule has 22 heavy (non-hydrogen) atoms. The molecule has 0 atom stereocenters. The maximum absolute atomic E-state index is 11.8. The van der Waals surface area contributed by atoms with Gasteiger partial charge in [0.05, 0.1) is 7.11 Å². The van der Waals surface area contributed by atoms with Gasteiger partial charge in [-0.25, -0.2) is 9.59 Å². The van der Waals surface area contributed by atoms with Crippen LogP contribution in [0.4, 0.5) is 4.79 Å². The molecule has 1 amide bonds.